The average molecular weight is 233 g/mol. The van der Waals surface area contributed by atoms with Gasteiger partial charge in [-0.15, -0.1) is 0 Å². The van der Waals surface area contributed by atoms with E-state index >= 15 is 0 Å². The summed E-state index contributed by atoms with van der Waals surface area (Å²) in [6.45, 7) is 0. The zero-order chi connectivity index (χ0) is 12.3. The third kappa shape index (κ3) is 2.26. The van der Waals surface area contributed by atoms with Crippen LogP contribution in [0.1, 0.15) is 17.4 Å². The lowest BCUT2D eigenvalue weighted by atomic mass is 10.0. The van der Waals surface area contributed by atoms with Gasteiger partial charge in [-0.25, -0.2) is 0 Å². The molecule has 0 fully saturated rings. The van der Waals surface area contributed by atoms with Crippen LogP contribution in [0.3, 0.4) is 0 Å². The standard InChI is InChI=1S/C13H15NO3/c1-15-9-5-6-10(12(8-9)16-2)13(14)11-4-3-7-17-11/h3-8,13H,14H2,1-2H3. The van der Waals surface area contributed by atoms with Crippen LogP contribution in [0.25, 0.3) is 0 Å². The fraction of sp³-hybridized carbons (Fsp3) is 0.231. The second-order valence-electron chi connectivity index (χ2n) is 3.60. The largest absolute Gasteiger partial charge is 0.497 e. The first-order valence-corrected chi connectivity index (χ1v) is 5.27. The molecule has 1 unspecified atom stereocenters. The van der Waals surface area contributed by atoms with Gasteiger partial charge in [-0.05, 0) is 24.3 Å². The molecule has 0 aliphatic carbocycles. The molecule has 4 heteroatoms. The molecule has 1 heterocycles. The predicted molar refractivity (Wildman–Crippen MR) is 64.3 cm³/mol. The highest BCUT2D eigenvalue weighted by Gasteiger charge is 2.16. The molecular weight excluding hydrogens is 218 g/mol. The first kappa shape index (κ1) is 11.5. The first-order chi connectivity index (χ1) is 8.26. The zero-order valence-electron chi connectivity index (χ0n) is 9.84. The van der Waals surface area contributed by atoms with Crippen LogP contribution < -0.4 is 15.2 Å². The van der Waals surface area contributed by atoms with E-state index in [-0.39, 0.29) is 6.04 Å². The van der Waals surface area contributed by atoms with Crippen molar-refractivity contribution in [2.45, 2.75) is 6.04 Å². The highest BCUT2D eigenvalue weighted by atomic mass is 16.5. The highest BCUT2D eigenvalue weighted by Crippen LogP contribution is 2.31. The Kier molecular flexibility index (Phi) is 3.35. The fourth-order valence-corrected chi connectivity index (χ4v) is 1.70. The van der Waals surface area contributed by atoms with Crippen LogP contribution in [-0.2, 0) is 0 Å². The lowest BCUT2D eigenvalue weighted by Gasteiger charge is -2.14. The third-order valence-corrected chi connectivity index (χ3v) is 2.63. The molecule has 4 nitrogen and oxygen atoms in total. The molecule has 0 saturated carbocycles. The number of hydrogen-bond acceptors (Lipinski definition) is 4. The number of nitrogens with two attached hydrogens (primary N) is 1. The Hall–Kier alpha value is -1.94. The van der Waals surface area contributed by atoms with Crippen molar-refractivity contribution in [2.75, 3.05) is 14.2 Å². The molecule has 1 aromatic carbocycles. The molecule has 0 amide bonds. The van der Waals surface area contributed by atoms with Gasteiger partial charge in [0.05, 0.1) is 26.5 Å². The molecule has 0 aliphatic rings. The SMILES string of the molecule is COc1ccc(C(N)c2ccco2)c(OC)c1. The smallest absolute Gasteiger partial charge is 0.127 e. The lowest BCUT2D eigenvalue weighted by Crippen LogP contribution is -2.12. The van der Waals surface area contributed by atoms with Gasteiger partial charge in [-0.3, -0.25) is 0 Å². The normalized spacial score (nSPS) is 12.2. The van der Waals surface area contributed by atoms with E-state index in [1.54, 1.807) is 26.5 Å². The van der Waals surface area contributed by atoms with Crippen LogP contribution in [0.15, 0.2) is 41.0 Å². The molecule has 0 spiro atoms. The van der Waals surface area contributed by atoms with E-state index in [0.29, 0.717) is 11.5 Å². The van der Waals surface area contributed by atoms with E-state index in [4.69, 9.17) is 19.6 Å². The van der Waals surface area contributed by atoms with Crippen molar-refractivity contribution in [3.05, 3.63) is 47.9 Å². The maximum Gasteiger partial charge on any atom is 0.127 e. The Balaban J connectivity index is 2.38. The van der Waals surface area contributed by atoms with Crippen LogP contribution in [0.5, 0.6) is 11.5 Å². The predicted octanol–water partition coefficient (Wildman–Crippen LogP) is 2.34. The van der Waals surface area contributed by atoms with E-state index in [9.17, 15) is 0 Å². The summed E-state index contributed by atoms with van der Waals surface area (Å²) < 4.78 is 15.7. The number of benzene rings is 1. The summed E-state index contributed by atoms with van der Waals surface area (Å²) >= 11 is 0. The summed E-state index contributed by atoms with van der Waals surface area (Å²) in [5.74, 6) is 2.12. The van der Waals surface area contributed by atoms with Gasteiger partial charge in [0, 0.05) is 11.6 Å². The zero-order valence-corrected chi connectivity index (χ0v) is 9.84. The van der Waals surface area contributed by atoms with Crippen molar-refractivity contribution in [1.82, 2.24) is 0 Å². The minimum atomic E-state index is -0.342. The molecule has 2 rings (SSSR count). The highest BCUT2D eigenvalue weighted by molar-refractivity contribution is 5.44. The van der Waals surface area contributed by atoms with Crippen molar-refractivity contribution < 1.29 is 13.9 Å². The number of rotatable bonds is 4. The summed E-state index contributed by atoms with van der Waals surface area (Å²) in [5, 5.41) is 0. The Morgan fingerprint density at radius 3 is 2.59 bits per heavy atom. The van der Waals surface area contributed by atoms with Crippen molar-refractivity contribution in [2.24, 2.45) is 5.73 Å². The Morgan fingerprint density at radius 1 is 1.18 bits per heavy atom. The summed E-state index contributed by atoms with van der Waals surface area (Å²) in [4.78, 5) is 0. The first-order valence-electron chi connectivity index (χ1n) is 5.27. The molecule has 1 aromatic heterocycles. The number of hydrogen-bond donors (Lipinski definition) is 1. The number of methoxy groups -OCH3 is 2. The van der Waals surface area contributed by atoms with E-state index in [1.807, 2.05) is 24.3 Å². The van der Waals surface area contributed by atoms with Gasteiger partial charge < -0.3 is 19.6 Å². The van der Waals surface area contributed by atoms with Crippen LogP contribution >= 0.6 is 0 Å². The Bertz CT molecular complexity index is 479. The molecule has 90 valence electrons. The Morgan fingerprint density at radius 2 is 2.00 bits per heavy atom. The molecule has 1 atom stereocenters. The molecular formula is C13H15NO3. The summed E-state index contributed by atoms with van der Waals surface area (Å²) in [6, 6.07) is 8.84. The van der Waals surface area contributed by atoms with Gasteiger partial charge in [-0.1, -0.05) is 0 Å². The van der Waals surface area contributed by atoms with Gasteiger partial charge >= 0.3 is 0 Å². The minimum absolute atomic E-state index is 0.342. The Labute approximate surface area is 99.9 Å². The molecule has 0 aliphatic heterocycles. The van der Waals surface area contributed by atoms with E-state index in [2.05, 4.69) is 0 Å². The molecule has 17 heavy (non-hydrogen) atoms. The number of ether oxygens (including phenoxy) is 2. The molecule has 0 bridgehead atoms. The summed E-state index contributed by atoms with van der Waals surface area (Å²) in [7, 11) is 3.22. The van der Waals surface area contributed by atoms with Crippen LogP contribution in [0.2, 0.25) is 0 Å². The fourth-order valence-electron chi connectivity index (χ4n) is 1.70. The van der Waals surface area contributed by atoms with E-state index < -0.39 is 0 Å². The lowest BCUT2D eigenvalue weighted by molar-refractivity contribution is 0.387. The molecule has 2 aromatic rings. The van der Waals surface area contributed by atoms with Crippen LogP contribution in [-0.4, -0.2) is 14.2 Å². The number of furan rings is 1. The van der Waals surface area contributed by atoms with Gasteiger partial charge in [0.15, 0.2) is 0 Å². The maximum absolute atomic E-state index is 6.11. The van der Waals surface area contributed by atoms with E-state index in [1.165, 1.54) is 0 Å². The van der Waals surface area contributed by atoms with Gasteiger partial charge in [-0.2, -0.15) is 0 Å². The quantitative estimate of drug-likeness (QED) is 0.880. The molecule has 2 N–H and O–H groups in total. The van der Waals surface area contributed by atoms with Crippen LogP contribution in [0.4, 0.5) is 0 Å². The second-order valence-corrected chi connectivity index (χ2v) is 3.60. The molecule has 0 radical (unpaired) electrons. The van der Waals surface area contributed by atoms with Crippen molar-refractivity contribution in [1.29, 1.82) is 0 Å². The third-order valence-electron chi connectivity index (χ3n) is 2.63. The van der Waals surface area contributed by atoms with Crippen molar-refractivity contribution in [3.63, 3.8) is 0 Å². The second kappa shape index (κ2) is 4.93. The average Bonchev–Trinajstić information content (AvgIpc) is 2.91. The van der Waals surface area contributed by atoms with Crippen molar-refractivity contribution in [3.8, 4) is 11.5 Å². The monoisotopic (exact) mass is 233 g/mol. The van der Waals surface area contributed by atoms with Gasteiger partial charge in [0.25, 0.3) is 0 Å². The van der Waals surface area contributed by atoms with E-state index in [0.717, 1.165) is 11.3 Å². The van der Waals surface area contributed by atoms with Crippen molar-refractivity contribution >= 4 is 0 Å². The van der Waals surface area contributed by atoms with Gasteiger partial charge in [0.1, 0.15) is 17.3 Å². The molecule has 0 saturated heterocycles. The topological polar surface area (TPSA) is 57.6 Å². The summed E-state index contributed by atoms with van der Waals surface area (Å²) in [5.41, 5.74) is 6.98. The maximum atomic E-state index is 6.11. The minimum Gasteiger partial charge on any atom is -0.497 e. The van der Waals surface area contributed by atoms with Crippen LogP contribution in [0, 0.1) is 0 Å². The summed E-state index contributed by atoms with van der Waals surface area (Å²) in [6.07, 6.45) is 1.60. The van der Waals surface area contributed by atoms with Gasteiger partial charge in [0.2, 0.25) is 0 Å².